The average Bonchev–Trinajstić information content (AvgIpc) is 2.54. The zero-order chi connectivity index (χ0) is 9.90. The molecule has 0 aliphatic heterocycles. The van der Waals surface area contributed by atoms with Gasteiger partial charge in [0.15, 0.2) is 0 Å². The lowest BCUT2D eigenvalue weighted by molar-refractivity contribution is 0.235. The quantitative estimate of drug-likeness (QED) is 0.570. The minimum absolute atomic E-state index is 0.213. The summed E-state index contributed by atoms with van der Waals surface area (Å²) in [6.45, 7) is 0. The first-order chi connectivity index (χ1) is 6.10. The summed E-state index contributed by atoms with van der Waals surface area (Å²) < 4.78 is 0. The van der Waals surface area contributed by atoms with E-state index in [0.717, 1.165) is 25.7 Å². The number of urea groups is 1. The van der Waals surface area contributed by atoms with E-state index in [1.807, 2.05) is 0 Å². The van der Waals surface area contributed by atoms with Gasteiger partial charge >= 0.3 is 6.03 Å². The van der Waals surface area contributed by atoms with Gasteiger partial charge in [-0.05, 0) is 12.8 Å². The van der Waals surface area contributed by atoms with E-state index in [1.165, 1.54) is 0 Å². The highest BCUT2D eigenvalue weighted by atomic mass is 32.1. The van der Waals surface area contributed by atoms with Gasteiger partial charge in [0.05, 0.1) is 10.5 Å². The first-order valence-electron chi connectivity index (χ1n) is 4.40. The molecule has 1 aliphatic rings. The molecule has 74 valence electrons. The van der Waals surface area contributed by atoms with Crippen LogP contribution >= 0.6 is 12.2 Å². The van der Waals surface area contributed by atoms with Crippen molar-refractivity contribution in [1.82, 2.24) is 10.6 Å². The number of thiocarbonyl (C=S) groups is 1. The van der Waals surface area contributed by atoms with Gasteiger partial charge in [-0.25, -0.2) is 4.79 Å². The molecular weight excluding hydrogens is 186 g/mol. The number of hydrogen-bond donors (Lipinski definition) is 3. The number of hydrogen-bond acceptors (Lipinski definition) is 2. The second kappa shape index (κ2) is 3.91. The van der Waals surface area contributed by atoms with E-state index in [2.05, 4.69) is 10.6 Å². The summed E-state index contributed by atoms with van der Waals surface area (Å²) in [4.78, 5) is 11.5. The summed E-state index contributed by atoms with van der Waals surface area (Å²) in [5.74, 6) is 0. The fourth-order valence-electron chi connectivity index (χ4n) is 1.69. The molecule has 1 saturated carbocycles. The summed E-state index contributed by atoms with van der Waals surface area (Å²) in [6.07, 6.45) is 3.86. The van der Waals surface area contributed by atoms with Crippen LogP contribution in [0, 0.1) is 0 Å². The minimum atomic E-state index is -0.435. The van der Waals surface area contributed by atoms with Crippen molar-refractivity contribution in [2.45, 2.75) is 31.2 Å². The molecule has 4 nitrogen and oxygen atoms in total. The van der Waals surface area contributed by atoms with Crippen molar-refractivity contribution in [2.24, 2.45) is 5.73 Å². The third kappa shape index (κ3) is 2.09. The van der Waals surface area contributed by atoms with Crippen LogP contribution in [0.3, 0.4) is 0 Å². The molecule has 0 aromatic heterocycles. The molecule has 1 fully saturated rings. The highest BCUT2D eigenvalue weighted by Gasteiger charge is 2.37. The Morgan fingerprint density at radius 2 is 2.00 bits per heavy atom. The molecule has 0 aromatic rings. The molecule has 13 heavy (non-hydrogen) atoms. The fraction of sp³-hybridized carbons (Fsp3) is 0.750. The van der Waals surface area contributed by atoms with E-state index >= 15 is 0 Å². The second-order valence-electron chi connectivity index (χ2n) is 3.36. The molecule has 0 aromatic carbocycles. The van der Waals surface area contributed by atoms with Crippen LogP contribution in [-0.4, -0.2) is 23.6 Å². The zero-order valence-corrected chi connectivity index (χ0v) is 8.54. The first-order valence-corrected chi connectivity index (χ1v) is 4.81. The normalized spacial score (nSPS) is 19.5. The highest BCUT2D eigenvalue weighted by molar-refractivity contribution is 7.80. The SMILES string of the molecule is CNC(=O)NC1(C(N)=S)CCCC1. The number of nitrogens with two attached hydrogens (primary N) is 1. The summed E-state index contributed by atoms with van der Waals surface area (Å²) in [5, 5.41) is 5.33. The van der Waals surface area contributed by atoms with Crippen molar-refractivity contribution in [2.75, 3.05) is 7.05 Å². The molecule has 0 saturated heterocycles. The van der Waals surface area contributed by atoms with Crippen molar-refractivity contribution in [3.05, 3.63) is 0 Å². The molecule has 0 heterocycles. The van der Waals surface area contributed by atoms with Crippen LogP contribution in [0.25, 0.3) is 0 Å². The Bertz CT molecular complexity index is 223. The molecule has 4 N–H and O–H groups in total. The summed E-state index contributed by atoms with van der Waals surface area (Å²) in [5.41, 5.74) is 5.19. The predicted octanol–water partition coefficient (Wildman–Crippen LogP) is 0.514. The van der Waals surface area contributed by atoms with Gasteiger partial charge in [-0.2, -0.15) is 0 Å². The average molecular weight is 201 g/mol. The molecule has 0 spiro atoms. The fourth-order valence-corrected chi connectivity index (χ4v) is 1.95. The first kappa shape index (κ1) is 10.2. The Kier molecular flexibility index (Phi) is 3.08. The molecule has 0 radical (unpaired) electrons. The lowest BCUT2D eigenvalue weighted by Crippen LogP contribution is -2.56. The van der Waals surface area contributed by atoms with Crippen LogP contribution < -0.4 is 16.4 Å². The molecule has 0 unspecified atom stereocenters. The molecular formula is C8H15N3OS. The van der Waals surface area contributed by atoms with Gasteiger partial charge in [0.2, 0.25) is 0 Å². The molecule has 0 bridgehead atoms. The molecule has 5 heteroatoms. The molecule has 2 amide bonds. The van der Waals surface area contributed by atoms with Crippen LogP contribution in [0.1, 0.15) is 25.7 Å². The van der Waals surface area contributed by atoms with Gasteiger partial charge < -0.3 is 16.4 Å². The van der Waals surface area contributed by atoms with Crippen LogP contribution in [0.15, 0.2) is 0 Å². The Morgan fingerprint density at radius 1 is 1.46 bits per heavy atom. The smallest absolute Gasteiger partial charge is 0.315 e. The van der Waals surface area contributed by atoms with Crippen molar-refractivity contribution < 1.29 is 4.79 Å². The van der Waals surface area contributed by atoms with Crippen molar-refractivity contribution in [1.29, 1.82) is 0 Å². The number of nitrogens with one attached hydrogen (secondary N) is 2. The highest BCUT2D eigenvalue weighted by Crippen LogP contribution is 2.29. The Morgan fingerprint density at radius 3 is 2.38 bits per heavy atom. The minimum Gasteiger partial charge on any atom is -0.391 e. The van der Waals surface area contributed by atoms with Crippen molar-refractivity contribution in [3.8, 4) is 0 Å². The van der Waals surface area contributed by atoms with Crippen LogP contribution in [0.5, 0.6) is 0 Å². The Balaban J connectivity index is 2.68. The maximum atomic E-state index is 11.1. The van der Waals surface area contributed by atoms with E-state index in [9.17, 15) is 4.79 Å². The van der Waals surface area contributed by atoms with Gasteiger partial charge in [-0.15, -0.1) is 0 Å². The topological polar surface area (TPSA) is 67.2 Å². The number of carbonyl (C=O) groups excluding carboxylic acids is 1. The number of rotatable bonds is 2. The maximum absolute atomic E-state index is 11.1. The van der Waals surface area contributed by atoms with E-state index in [1.54, 1.807) is 7.05 Å². The van der Waals surface area contributed by atoms with E-state index in [-0.39, 0.29) is 6.03 Å². The second-order valence-corrected chi connectivity index (χ2v) is 3.80. The van der Waals surface area contributed by atoms with Gasteiger partial charge in [0, 0.05) is 7.05 Å². The predicted molar refractivity (Wildman–Crippen MR) is 55.6 cm³/mol. The summed E-state index contributed by atoms with van der Waals surface area (Å²) in [6, 6.07) is -0.213. The number of amides is 2. The molecule has 1 rings (SSSR count). The van der Waals surface area contributed by atoms with E-state index < -0.39 is 5.54 Å². The van der Waals surface area contributed by atoms with Gasteiger partial charge in [0.25, 0.3) is 0 Å². The van der Waals surface area contributed by atoms with Crippen LogP contribution in [-0.2, 0) is 0 Å². The van der Waals surface area contributed by atoms with Crippen molar-refractivity contribution in [3.63, 3.8) is 0 Å². The van der Waals surface area contributed by atoms with Gasteiger partial charge in [-0.3, -0.25) is 0 Å². The molecule has 1 aliphatic carbocycles. The third-order valence-electron chi connectivity index (χ3n) is 2.51. The standard InChI is InChI=1S/C8H15N3OS/c1-10-7(12)11-8(6(9)13)4-2-3-5-8/h2-5H2,1H3,(H2,9,13)(H2,10,11,12). The van der Waals surface area contributed by atoms with Crippen LogP contribution in [0.4, 0.5) is 4.79 Å². The molecule has 0 atom stereocenters. The largest absolute Gasteiger partial charge is 0.391 e. The van der Waals surface area contributed by atoms with Gasteiger partial charge in [0.1, 0.15) is 0 Å². The summed E-state index contributed by atoms with van der Waals surface area (Å²) in [7, 11) is 1.58. The van der Waals surface area contributed by atoms with Crippen LogP contribution in [0.2, 0.25) is 0 Å². The van der Waals surface area contributed by atoms with Crippen molar-refractivity contribution >= 4 is 23.2 Å². The number of carbonyl (C=O) groups is 1. The van der Waals surface area contributed by atoms with Gasteiger partial charge in [-0.1, -0.05) is 25.1 Å². The lowest BCUT2D eigenvalue weighted by Gasteiger charge is -2.28. The third-order valence-corrected chi connectivity index (χ3v) is 2.90. The summed E-state index contributed by atoms with van der Waals surface area (Å²) >= 11 is 4.97. The maximum Gasteiger partial charge on any atom is 0.315 e. The zero-order valence-electron chi connectivity index (χ0n) is 7.72. The monoisotopic (exact) mass is 201 g/mol. The van der Waals surface area contributed by atoms with E-state index in [0.29, 0.717) is 4.99 Å². The Hall–Kier alpha value is -0.840. The van der Waals surface area contributed by atoms with E-state index in [4.69, 9.17) is 18.0 Å². The lowest BCUT2D eigenvalue weighted by atomic mass is 9.98. The Labute approximate surface area is 83.2 Å².